The van der Waals surface area contributed by atoms with Gasteiger partial charge in [0.15, 0.2) is 9.84 Å². The Bertz CT molecular complexity index is 1160. The predicted molar refractivity (Wildman–Crippen MR) is 112 cm³/mol. The van der Waals surface area contributed by atoms with Crippen LogP contribution in [0.25, 0.3) is 0 Å². The summed E-state index contributed by atoms with van der Waals surface area (Å²) in [5.74, 6) is -2.50. The first-order valence-electron chi connectivity index (χ1n) is 10.7. The van der Waals surface area contributed by atoms with E-state index in [0.717, 1.165) is 12.3 Å². The van der Waals surface area contributed by atoms with Gasteiger partial charge in [-0.15, -0.1) is 0 Å². The summed E-state index contributed by atoms with van der Waals surface area (Å²) in [6.45, 7) is 1.23. The average Bonchev–Trinajstić information content (AvgIpc) is 3.27. The highest BCUT2D eigenvalue weighted by atomic mass is 32.2. The topological polar surface area (TPSA) is 109 Å². The number of amides is 1. The molecule has 0 unspecified atom stereocenters. The fraction of sp³-hybridized carbons (Fsp3) is 0.550. The predicted octanol–water partition coefficient (Wildman–Crippen LogP) is 2.70. The number of nitrogens with zero attached hydrogens (tertiary/aromatic N) is 4. The molecule has 2 aromatic rings. The molecule has 1 aromatic carbocycles. The smallest absolute Gasteiger partial charge is 0.371 e. The maximum atomic E-state index is 14.4. The van der Waals surface area contributed by atoms with Crippen LogP contribution in [0.1, 0.15) is 31.6 Å². The second kappa shape index (κ2) is 9.04. The van der Waals surface area contributed by atoms with E-state index in [2.05, 4.69) is 20.0 Å². The first kappa shape index (κ1) is 24.2. The molecule has 3 heterocycles. The SMILES string of the molecule is CS(=O)(=O)c1ccc(N[C@H]2CCCN(C3CCN(c4noc(C(F)(F)F)n4)CC3)C2=O)c(F)c1. The Morgan fingerprint density at radius 2 is 1.85 bits per heavy atom. The van der Waals surface area contributed by atoms with Crippen LogP contribution < -0.4 is 10.2 Å². The molecule has 4 rings (SSSR count). The number of hydrogen-bond acceptors (Lipinski definition) is 8. The highest BCUT2D eigenvalue weighted by Gasteiger charge is 2.40. The van der Waals surface area contributed by atoms with E-state index < -0.39 is 33.8 Å². The quantitative estimate of drug-likeness (QED) is 0.618. The summed E-state index contributed by atoms with van der Waals surface area (Å²) in [5.41, 5.74) is 0.0417. The highest BCUT2D eigenvalue weighted by Crippen LogP contribution is 2.31. The van der Waals surface area contributed by atoms with Gasteiger partial charge in [0.25, 0.3) is 5.95 Å². The molecule has 9 nitrogen and oxygen atoms in total. The Hall–Kier alpha value is -2.90. The fourth-order valence-electron chi connectivity index (χ4n) is 4.26. The first-order chi connectivity index (χ1) is 15.9. The lowest BCUT2D eigenvalue weighted by molar-refractivity contribution is -0.159. The zero-order valence-corrected chi connectivity index (χ0v) is 19.0. The van der Waals surface area contributed by atoms with E-state index in [9.17, 15) is 30.8 Å². The number of carbonyl (C=O) groups excluding carboxylic acids is 1. The molecule has 34 heavy (non-hydrogen) atoms. The maximum absolute atomic E-state index is 14.4. The summed E-state index contributed by atoms with van der Waals surface area (Å²) in [4.78, 5) is 19.7. The molecule has 14 heteroatoms. The van der Waals surface area contributed by atoms with Gasteiger partial charge in [-0.2, -0.15) is 18.2 Å². The van der Waals surface area contributed by atoms with Crippen molar-refractivity contribution in [2.24, 2.45) is 0 Å². The molecule has 1 aromatic heterocycles. The Morgan fingerprint density at radius 3 is 2.44 bits per heavy atom. The zero-order valence-electron chi connectivity index (χ0n) is 18.2. The molecule has 2 fully saturated rings. The van der Waals surface area contributed by atoms with Gasteiger partial charge in [0, 0.05) is 31.9 Å². The number of halogens is 4. The number of nitrogens with one attached hydrogen (secondary N) is 1. The molecule has 0 bridgehead atoms. The van der Waals surface area contributed by atoms with Gasteiger partial charge in [0.05, 0.1) is 10.6 Å². The fourth-order valence-corrected chi connectivity index (χ4v) is 4.90. The lowest BCUT2D eigenvalue weighted by atomic mass is 9.97. The second-order valence-corrected chi connectivity index (χ2v) is 10.4. The second-order valence-electron chi connectivity index (χ2n) is 8.40. The van der Waals surface area contributed by atoms with Crippen LogP contribution in [0.3, 0.4) is 0 Å². The van der Waals surface area contributed by atoms with Crippen molar-refractivity contribution in [2.75, 3.05) is 36.1 Å². The van der Waals surface area contributed by atoms with E-state index in [0.29, 0.717) is 45.3 Å². The molecule has 2 saturated heterocycles. The van der Waals surface area contributed by atoms with Crippen LogP contribution in [0, 0.1) is 5.82 Å². The van der Waals surface area contributed by atoms with Crippen molar-refractivity contribution >= 4 is 27.4 Å². The molecule has 2 aliphatic heterocycles. The number of benzene rings is 1. The number of sulfone groups is 1. The standard InChI is InChI=1S/C20H23F4N5O4S/c1-34(31,32)13-4-5-15(14(21)11-13)25-16-3-2-8-29(17(16)30)12-6-9-28(10-7-12)19-26-18(33-27-19)20(22,23)24/h4-5,11-12,16,25H,2-3,6-10H2,1H3/t16-/m0/s1. The first-order valence-corrected chi connectivity index (χ1v) is 12.5. The molecular weight excluding hydrogens is 482 g/mol. The number of alkyl halides is 3. The van der Waals surface area contributed by atoms with Gasteiger partial charge in [-0.25, -0.2) is 12.8 Å². The third-order valence-corrected chi connectivity index (χ3v) is 7.13. The summed E-state index contributed by atoms with van der Waals surface area (Å²) in [6, 6.07) is 2.71. The molecule has 0 radical (unpaired) electrons. The van der Waals surface area contributed by atoms with Gasteiger partial charge in [-0.1, -0.05) is 0 Å². The van der Waals surface area contributed by atoms with Crippen LogP contribution in [0.5, 0.6) is 0 Å². The molecular formula is C20H23F4N5O4S. The molecule has 1 atom stereocenters. The molecule has 0 saturated carbocycles. The molecule has 0 spiro atoms. The van der Waals surface area contributed by atoms with E-state index in [-0.39, 0.29) is 28.5 Å². The minimum Gasteiger partial charge on any atom is -0.371 e. The van der Waals surface area contributed by atoms with E-state index in [4.69, 9.17) is 0 Å². The van der Waals surface area contributed by atoms with Crippen LogP contribution in [-0.2, 0) is 20.8 Å². The van der Waals surface area contributed by atoms with Crippen molar-refractivity contribution in [1.29, 1.82) is 0 Å². The number of piperidine rings is 2. The van der Waals surface area contributed by atoms with Crippen molar-refractivity contribution < 1.29 is 35.3 Å². The number of anilines is 2. The van der Waals surface area contributed by atoms with Crippen LogP contribution >= 0.6 is 0 Å². The third kappa shape index (κ3) is 5.10. The van der Waals surface area contributed by atoms with E-state index in [1.165, 1.54) is 12.1 Å². The van der Waals surface area contributed by atoms with Gasteiger partial charge in [-0.05, 0) is 49.0 Å². The highest BCUT2D eigenvalue weighted by molar-refractivity contribution is 7.90. The minimum atomic E-state index is -4.71. The summed E-state index contributed by atoms with van der Waals surface area (Å²) < 4.78 is 80.0. The zero-order chi connectivity index (χ0) is 24.7. The maximum Gasteiger partial charge on any atom is 0.471 e. The lowest BCUT2D eigenvalue weighted by Gasteiger charge is -2.42. The monoisotopic (exact) mass is 505 g/mol. The number of rotatable bonds is 5. The number of hydrogen-bond donors (Lipinski definition) is 1. The number of carbonyl (C=O) groups is 1. The Kier molecular flexibility index (Phi) is 6.44. The molecule has 186 valence electrons. The van der Waals surface area contributed by atoms with Crippen molar-refractivity contribution in [1.82, 2.24) is 15.0 Å². The van der Waals surface area contributed by atoms with E-state index in [1.54, 1.807) is 9.80 Å². The molecule has 0 aliphatic carbocycles. The lowest BCUT2D eigenvalue weighted by Crippen LogP contribution is -2.54. The van der Waals surface area contributed by atoms with Crippen LogP contribution in [0.15, 0.2) is 27.6 Å². The Morgan fingerprint density at radius 1 is 1.15 bits per heavy atom. The largest absolute Gasteiger partial charge is 0.471 e. The molecule has 1 N–H and O–H groups in total. The van der Waals surface area contributed by atoms with Crippen molar-refractivity contribution in [3.05, 3.63) is 29.9 Å². The van der Waals surface area contributed by atoms with Crippen molar-refractivity contribution in [2.45, 2.75) is 48.8 Å². The summed E-state index contributed by atoms with van der Waals surface area (Å²) in [7, 11) is -3.56. The third-order valence-electron chi connectivity index (χ3n) is 6.02. The van der Waals surface area contributed by atoms with Crippen LogP contribution in [0.4, 0.5) is 29.2 Å². The van der Waals surface area contributed by atoms with Crippen molar-refractivity contribution in [3.63, 3.8) is 0 Å². The average molecular weight is 505 g/mol. The normalized spacial score (nSPS) is 20.6. The summed E-state index contributed by atoms with van der Waals surface area (Å²) in [6.07, 6.45) is -1.54. The van der Waals surface area contributed by atoms with Crippen LogP contribution in [-0.4, -0.2) is 67.3 Å². The van der Waals surface area contributed by atoms with Gasteiger partial charge in [0.2, 0.25) is 5.91 Å². The summed E-state index contributed by atoms with van der Waals surface area (Å²) in [5, 5.41) is 6.29. The van der Waals surface area contributed by atoms with Gasteiger partial charge in [-0.3, -0.25) is 4.79 Å². The summed E-state index contributed by atoms with van der Waals surface area (Å²) >= 11 is 0. The number of likely N-dealkylation sites (tertiary alicyclic amines) is 1. The minimum absolute atomic E-state index is 0.0417. The Balaban J connectivity index is 1.38. The van der Waals surface area contributed by atoms with E-state index in [1.807, 2.05) is 0 Å². The Labute approximate surface area is 193 Å². The number of aromatic nitrogens is 2. The van der Waals surface area contributed by atoms with Crippen LogP contribution in [0.2, 0.25) is 0 Å². The molecule has 2 aliphatic rings. The van der Waals surface area contributed by atoms with Gasteiger partial charge < -0.3 is 19.6 Å². The van der Waals surface area contributed by atoms with Crippen molar-refractivity contribution in [3.8, 4) is 0 Å². The molecule has 1 amide bonds. The van der Waals surface area contributed by atoms with Gasteiger partial charge >= 0.3 is 12.1 Å². The van der Waals surface area contributed by atoms with Gasteiger partial charge in [0.1, 0.15) is 11.9 Å². The van der Waals surface area contributed by atoms with E-state index >= 15 is 0 Å².